The molecule has 134 valence electrons. The van der Waals surface area contributed by atoms with E-state index >= 15 is 0 Å². The summed E-state index contributed by atoms with van der Waals surface area (Å²) in [7, 11) is 0. The van der Waals surface area contributed by atoms with Gasteiger partial charge in [-0.05, 0) is 48.9 Å². The van der Waals surface area contributed by atoms with Crippen LogP contribution in [0.1, 0.15) is 27.1 Å². The molecule has 1 amide bonds. The van der Waals surface area contributed by atoms with E-state index in [1.807, 2.05) is 61.7 Å². The summed E-state index contributed by atoms with van der Waals surface area (Å²) in [6.07, 6.45) is 0.342. The number of aryl methyl sites for hydroxylation is 3. The molecule has 0 aliphatic heterocycles. The summed E-state index contributed by atoms with van der Waals surface area (Å²) in [5, 5.41) is 3.47. The standard InChI is InChI=1S/C22H23NO2S/c1-16-12-17(2)22(18(3)13-16)25-23(15-19-8-5-4-6-9-19)21(24)14-20-10-7-11-26-20/h4-13H,14-15H2,1-3H3. The number of nitrogens with zero attached hydrogens (tertiary/aromatic N) is 1. The molecule has 0 bridgehead atoms. The van der Waals surface area contributed by atoms with Crippen LogP contribution >= 0.6 is 11.3 Å². The van der Waals surface area contributed by atoms with Crippen LogP contribution in [0.15, 0.2) is 60.0 Å². The number of amides is 1. The molecular formula is C22H23NO2S. The van der Waals surface area contributed by atoms with Crippen molar-refractivity contribution in [1.29, 1.82) is 0 Å². The molecule has 2 aromatic carbocycles. The molecule has 0 aliphatic carbocycles. The fourth-order valence-electron chi connectivity index (χ4n) is 2.99. The van der Waals surface area contributed by atoms with Crippen molar-refractivity contribution in [3.8, 4) is 5.75 Å². The van der Waals surface area contributed by atoms with E-state index < -0.39 is 0 Å². The van der Waals surface area contributed by atoms with E-state index in [0.29, 0.717) is 13.0 Å². The van der Waals surface area contributed by atoms with Crippen molar-refractivity contribution >= 4 is 17.2 Å². The van der Waals surface area contributed by atoms with Crippen LogP contribution < -0.4 is 4.84 Å². The Morgan fingerprint density at radius 1 is 1.00 bits per heavy atom. The van der Waals surface area contributed by atoms with Crippen LogP contribution in [0.25, 0.3) is 0 Å². The van der Waals surface area contributed by atoms with Gasteiger partial charge >= 0.3 is 0 Å². The lowest BCUT2D eigenvalue weighted by Gasteiger charge is -2.25. The topological polar surface area (TPSA) is 29.5 Å². The molecule has 0 unspecified atom stereocenters. The Kier molecular flexibility index (Phi) is 5.74. The maximum absolute atomic E-state index is 12.9. The molecule has 3 nitrogen and oxygen atoms in total. The Morgan fingerprint density at radius 3 is 2.31 bits per heavy atom. The molecule has 26 heavy (non-hydrogen) atoms. The molecule has 0 fully saturated rings. The van der Waals surface area contributed by atoms with Gasteiger partial charge in [0.15, 0.2) is 5.75 Å². The van der Waals surface area contributed by atoms with E-state index in [1.54, 1.807) is 11.3 Å². The van der Waals surface area contributed by atoms with Gasteiger partial charge in [0, 0.05) is 4.88 Å². The van der Waals surface area contributed by atoms with Gasteiger partial charge in [0.25, 0.3) is 5.91 Å². The van der Waals surface area contributed by atoms with Crippen molar-refractivity contribution in [3.05, 3.63) is 87.1 Å². The highest BCUT2D eigenvalue weighted by atomic mass is 32.1. The van der Waals surface area contributed by atoms with Gasteiger partial charge in [-0.3, -0.25) is 4.79 Å². The van der Waals surface area contributed by atoms with E-state index in [0.717, 1.165) is 27.3 Å². The van der Waals surface area contributed by atoms with Crippen LogP contribution in [0.5, 0.6) is 5.75 Å². The van der Waals surface area contributed by atoms with Gasteiger partial charge in [-0.2, -0.15) is 5.06 Å². The Balaban J connectivity index is 1.86. The van der Waals surface area contributed by atoms with E-state index in [-0.39, 0.29) is 5.91 Å². The average Bonchev–Trinajstić information content (AvgIpc) is 3.10. The summed E-state index contributed by atoms with van der Waals surface area (Å²) in [6.45, 7) is 6.50. The molecule has 3 aromatic rings. The monoisotopic (exact) mass is 365 g/mol. The molecule has 0 radical (unpaired) electrons. The lowest BCUT2D eigenvalue weighted by Crippen LogP contribution is -2.35. The third-order valence-corrected chi connectivity index (χ3v) is 5.04. The number of hydroxylamine groups is 2. The van der Waals surface area contributed by atoms with E-state index in [1.165, 1.54) is 10.6 Å². The van der Waals surface area contributed by atoms with Crippen molar-refractivity contribution in [1.82, 2.24) is 5.06 Å². The van der Waals surface area contributed by atoms with Crippen LogP contribution in [0, 0.1) is 20.8 Å². The molecule has 0 atom stereocenters. The number of benzene rings is 2. The molecule has 0 spiro atoms. The maximum Gasteiger partial charge on any atom is 0.260 e. The number of thiophene rings is 1. The summed E-state index contributed by atoms with van der Waals surface area (Å²) >= 11 is 1.59. The second-order valence-corrected chi connectivity index (χ2v) is 7.52. The van der Waals surface area contributed by atoms with Crippen LogP contribution in [0.4, 0.5) is 0 Å². The van der Waals surface area contributed by atoms with Gasteiger partial charge in [-0.1, -0.05) is 54.1 Å². The second-order valence-electron chi connectivity index (χ2n) is 6.49. The van der Waals surface area contributed by atoms with Crippen molar-refractivity contribution in [3.63, 3.8) is 0 Å². The molecule has 3 rings (SSSR count). The van der Waals surface area contributed by atoms with E-state index in [2.05, 4.69) is 19.1 Å². The molecule has 0 saturated heterocycles. The third-order valence-electron chi connectivity index (χ3n) is 4.16. The summed E-state index contributed by atoms with van der Waals surface area (Å²) in [5.41, 5.74) is 4.29. The smallest absolute Gasteiger partial charge is 0.260 e. The highest BCUT2D eigenvalue weighted by Gasteiger charge is 2.19. The van der Waals surface area contributed by atoms with Gasteiger partial charge in [-0.25, -0.2) is 0 Å². The fraction of sp³-hybridized carbons (Fsp3) is 0.227. The lowest BCUT2D eigenvalue weighted by molar-refractivity contribution is -0.158. The Labute approximate surface area is 158 Å². The van der Waals surface area contributed by atoms with Gasteiger partial charge < -0.3 is 4.84 Å². The Morgan fingerprint density at radius 2 is 1.69 bits per heavy atom. The zero-order chi connectivity index (χ0) is 18.5. The summed E-state index contributed by atoms with van der Waals surface area (Å²) in [4.78, 5) is 20.1. The first-order valence-corrected chi connectivity index (χ1v) is 9.53. The number of hydrogen-bond acceptors (Lipinski definition) is 3. The highest BCUT2D eigenvalue weighted by Crippen LogP contribution is 2.26. The van der Waals surface area contributed by atoms with E-state index in [4.69, 9.17) is 4.84 Å². The molecule has 0 saturated carbocycles. The Hall–Kier alpha value is -2.59. The zero-order valence-corrected chi connectivity index (χ0v) is 16.2. The number of carbonyl (C=O) groups is 1. The SMILES string of the molecule is Cc1cc(C)c(ON(Cc2ccccc2)C(=O)Cc2cccs2)c(C)c1. The van der Waals surface area contributed by atoms with Crippen molar-refractivity contribution < 1.29 is 9.63 Å². The number of rotatable bonds is 6. The average molecular weight is 365 g/mol. The van der Waals surface area contributed by atoms with Crippen LogP contribution in [-0.4, -0.2) is 11.0 Å². The second kappa shape index (κ2) is 8.19. The summed E-state index contributed by atoms with van der Waals surface area (Å²) < 4.78 is 0. The highest BCUT2D eigenvalue weighted by molar-refractivity contribution is 7.10. The van der Waals surface area contributed by atoms with Crippen LogP contribution in [-0.2, 0) is 17.8 Å². The predicted molar refractivity (Wildman–Crippen MR) is 106 cm³/mol. The predicted octanol–water partition coefficient (Wildman–Crippen LogP) is 5.24. The van der Waals surface area contributed by atoms with Crippen molar-refractivity contribution in [2.45, 2.75) is 33.7 Å². The lowest BCUT2D eigenvalue weighted by atomic mass is 10.1. The molecule has 0 aliphatic rings. The largest absolute Gasteiger partial charge is 0.376 e. The van der Waals surface area contributed by atoms with E-state index in [9.17, 15) is 4.79 Å². The molecule has 0 N–H and O–H groups in total. The normalized spacial score (nSPS) is 10.6. The van der Waals surface area contributed by atoms with Gasteiger partial charge in [0.1, 0.15) is 0 Å². The van der Waals surface area contributed by atoms with Gasteiger partial charge in [0.2, 0.25) is 0 Å². The first-order chi connectivity index (χ1) is 12.5. The van der Waals surface area contributed by atoms with Crippen LogP contribution in [0.2, 0.25) is 0 Å². The first-order valence-electron chi connectivity index (χ1n) is 8.65. The number of hydrogen-bond donors (Lipinski definition) is 0. The minimum Gasteiger partial charge on any atom is -0.376 e. The Bertz CT molecular complexity index is 849. The maximum atomic E-state index is 12.9. The third kappa shape index (κ3) is 4.52. The molecule has 4 heteroatoms. The molecular weight excluding hydrogens is 342 g/mol. The molecule has 1 heterocycles. The minimum absolute atomic E-state index is 0.0457. The summed E-state index contributed by atoms with van der Waals surface area (Å²) in [6, 6.07) is 18.0. The quantitative estimate of drug-likeness (QED) is 0.559. The minimum atomic E-state index is -0.0457. The van der Waals surface area contributed by atoms with Crippen LogP contribution in [0.3, 0.4) is 0 Å². The van der Waals surface area contributed by atoms with Crippen molar-refractivity contribution in [2.24, 2.45) is 0 Å². The number of carbonyl (C=O) groups excluding carboxylic acids is 1. The fourth-order valence-corrected chi connectivity index (χ4v) is 3.69. The molecule has 1 aromatic heterocycles. The van der Waals surface area contributed by atoms with Gasteiger partial charge in [0.05, 0.1) is 13.0 Å². The zero-order valence-electron chi connectivity index (χ0n) is 15.4. The summed E-state index contributed by atoms with van der Waals surface area (Å²) in [5.74, 6) is 0.710. The first kappa shape index (κ1) is 18.2. The van der Waals surface area contributed by atoms with Crippen molar-refractivity contribution in [2.75, 3.05) is 0 Å². The van der Waals surface area contributed by atoms with Gasteiger partial charge in [-0.15, -0.1) is 11.3 Å².